The van der Waals surface area contributed by atoms with E-state index in [1.165, 1.54) is 0 Å². The summed E-state index contributed by atoms with van der Waals surface area (Å²) in [5.41, 5.74) is 1.11. The summed E-state index contributed by atoms with van der Waals surface area (Å²) in [6.07, 6.45) is 0. The number of rotatable bonds is 4. The van der Waals surface area contributed by atoms with Crippen LogP contribution in [0.25, 0.3) is 0 Å². The van der Waals surface area contributed by atoms with E-state index in [1.807, 2.05) is 13.0 Å². The Morgan fingerprint density at radius 1 is 1.16 bits per heavy atom. The number of benzene rings is 1. The van der Waals surface area contributed by atoms with Crippen molar-refractivity contribution >= 4 is 10.0 Å². The van der Waals surface area contributed by atoms with Crippen LogP contribution in [-0.2, 0) is 10.0 Å². The minimum absolute atomic E-state index is 0.378. The average Bonchev–Trinajstić information content (AvgIpc) is 2.40. The lowest BCUT2D eigenvalue weighted by Gasteiger charge is -2.34. The molecule has 0 aliphatic carbocycles. The highest BCUT2D eigenvalue weighted by Gasteiger charge is 2.27. The normalized spacial score (nSPS) is 18.4. The van der Waals surface area contributed by atoms with Crippen LogP contribution in [0.15, 0.2) is 47.4 Å². The van der Waals surface area contributed by atoms with Crippen LogP contribution in [-0.4, -0.2) is 50.3 Å². The molecule has 1 aromatic rings. The van der Waals surface area contributed by atoms with Crippen molar-refractivity contribution in [2.24, 2.45) is 0 Å². The van der Waals surface area contributed by atoms with E-state index in [1.54, 1.807) is 28.6 Å². The largest absolute Gasteiger partial charge is 0.297 e. The van der Waals surface area contributed by atoms with Crippen LogP contribution in [0.1, 0.15) is 6.92 Å². The summed E-state index contributed by atoms with van der Waals surface area (Å²) < 4.78 is 26.4. The molecule has 0 atom stereocenters. The van der Waals surface area contributed by atoms with E-state index in [2.05, 4.69) is 11.5 Å². The summed E-state index contributed by atoms with van der Waals surface area (Å²) >= 11 is 0. The molecule has 104 valence electrons. The van der Waals surface area contributed by atoms with Crippen LogP contribution in [0.5, 0.6) is 0 Å². The first-order valence-electron chi connectivity index (χ1n) is 6.42. The summed E-state index contributed by atoms with van der Waals surface area (Å²) in [5, 5.41) is 0. The van der Waals surface area contributed by atoms with Crippen LogP contribution in [0.2, 0.25) is 0 Å². The van der Waals surface area contributed by atoms with Gasteiger partial charge in [0, 0.05) is 32.7 Å². The van der Waals surface area contributed by atoms with Crippen LogP contribution in [0.3, 0.4) is 0 Å². The zero-order valence-corrected chi connectivity index (χ0v) is 12.1. The minimum atomic E-state index is -3.33. The van der Waals surface area contributed by atoms with Gasteiger partial charge in [-0.15, -0.1) is 0 Å². The minimum Gasteiger partial charge on any atom is -0.297 e. The number of sulfonamides is 1. The van der Waals surface area contributed by atoms with Crippen molar-refractivity contribution in [1.82, 2.24) is 9.21 Å². The van der Waals surface area contributed by atoms with E-state index in [4.69, 9.17) is 0 Å². The molecule has 2 rings (SSSR count). The second-order valence-electron chi connectivity index (χ2n) is 4.95. The predicted octanol–water partition coefficient (Wildman–Crippen LogP) is 1.57. The van der Waals surface area contributed by atoms with Gasteiger partial charge in [0.15, 0.2) is 0 Å². The third-order valence-electron chi connectivity index (χ3n) is 3.21. The number of hydrogen-bond acceptors (Lipinski definition) is 3. The maximum absolute atomic E-state index is 12.4. The zero-order chi connectivity index (χ0) is 13.9. The monoisotopic (exact) mass is 280 g/mol. The topological polar surface area (TPSA) is 40.6 Å². The first kappa shape index (κ1) is 14.2. The maximum atomic E-state index is 12.4. The fraction of sp³-hybridized carbons (Fsp3) is 0.429. The number of hydrogen-bond donors (Lipinski definition) is 0. The Labute approximate surface area is 115 Å². The Morgan fingerprint density at radius 3 is 2.26 bits per heavy atom. The molecular formula is C14H20N2O2S. The molecule has 0 saturated carbocycles. The van der Waals surface area contributed by atoms with Crippen molar-refractivity contribution in [3.8, 4) is 0 Å². The van der Waals surface area contributed by atoms with Gasteiger partial charge in [0.1, 0.15) is 0 Å². The average molecular weight is 280 g/mol. The lowest BCUT2D eigenvalue weighted by Crippen LogP contribution is -2.48. The SMILES string of the molecule is C=C(C)CN1CCN(S(=O)(=O)c2ccccc2)CC1. The van der Waals surface area contributed by atoms with Gasteiger partial charge in [0.25, 0.3) is 0 Å². The highest BCUT2D eigenvalue weighted by Crippen LogP contribution is 2.17. The maximum Gasteiger partial charge on any atom is 0.243 e. The van der Waals surface area contributed by atoms with Gasteiger partial charge < -0.3 is 0 Å². The van der Waals surface area contributed by atoms with Gasteiger partial charge in [0.05, 0.1) is 4.90 Å². The summed E-state index contributed by atoms with van der Waals surface area (Å²) in [4.78, 5) is 2.61. The van der Waals surface area contributed by atoms with E-state index in [0.29, 0.717) is 18.0 Å². The van der Waals surface area contributed by atoms with E-state index >= 15 is 0 Å². The third kappa shape index (κ3) is 3.43. The van der Waals surface area contributed by atoms with Crippen LogP contribution in [0, 0.1) is 0 Å². The van der Waals surface area contributed by atoms with Crippen molar-refractivity contribution in [1.29, 1.82) is 0 Å². The molecule has 0 aromatic heterocycles. The molecule has 0 radical (unpaired) electrons. The molecule has 0 N–H and O–H groups in total. The van der Waals surface area contributed by atoms with Gasteiger partial charge in [-0.3, -0.25) is 4.90 Å². The second kappa shape index (κ2) is 5.86. The molecule has 19 heavy (non-hydrogen) atoms. The van der Waals surface area contributed by atoms with Crippen molar-refractivity contribution in [3.63, 3.8) is 0 Å². The van der Waals surface area contributed by atoms with Gasteiger partial charge in [-0.2, -0.15) is 4.31 Å². The molecule has 1 saturated heterocycles. The standard InChI is InChI=1S/C14H20N2O2S/c1-13(2)12-15-8-10-16(11-9-15)19(17,18)14-6-4-3-5-7-14/h3-7H,1,8-12H2,2H3. The van der Waals surface area contributed by atoms with E-state index in [0.717, 1.165) is 25.2 Å². The molecule has 0 amide bonds. The summed E-state index contributed by atoms with van der Waals surface area (Å²) in [5.74, 6) is 0. The molecule has 0 unspecified atom stereocenters. The van der Waals surface area contributed by atoms with E-state index in [9.17, 15) is 8.42 Å². The van der Waals surface area contributed by atoms with Crippen LogP contribution < -0.4 is 0 Å². The Morgan fingerprint density at radius 2 is 1.74 bits per heavy atom. The van der Waals surface area contributed by atoms with Gasteiger partial charge in [-0.25, -0.2) is 8.42 Å². The molecule has 1 heterocycles. The Balaban J connectivity index is 2.03. The molecule has 0 bridgehead atoms. The quantitative estimate of drug-likeness (QED) is 0.786. The lowest BCUT2D eigenvalue weighted by molar-refractivity contribution is 0.201. The molecule has 1 aromatic carbocycles. The Hall–Kier alpha value is -1.17. The molecule has 1 fully saturated rings. The Bertz CT molecular complexity index is 532. The van der Waals surface area contributed by atoms with Crippen molar-refractivity contribution < 1.29 is 8.42 Å². The highest BCUT2D eigenvalue weighted by molar-refractivity contribution is 7.89. The summed E-state index contributed by atoms with van der Waals surface area (Å²) in [7, 11) is -3.33. The number of piperazine rings is 1. The van der Waals surface area contributed by atoms with Crippen molar-refractivity contribution in [2.45, 2.75) is 11.8 Å². The van der Waals surface area contributed by atoms with Gasteiger partial charge in [-0.05, 0) is 19.1 Å². The summed E-state index contributed by atoms with van der Waals surface area (Å²) in [6.45, 7) is 9.35. The molecule has 4 nitrogen and oxygen atoms in total. The smallest absolute Gasteiger partial charge is 0.243 e. The highest BCUT2D eigenvalue weighted by atomic mass is 32.2. The first-order valence-corrected chi connectivity index (χ1v) is 7.86. The van der Waals surface area contributed by atoms with Crippen molar-refractivity contribution in [3.05, 3.63) is 42.5 Å². The third-order valence-corrected chi connectivity index (χ3v) is 5.12. The van der Waals surface area contributed by atoms with E-state index < -0.39 is 10.0 Å². The van der Waals surface area contributed by atoms with Crippen molar-refractivity contribution in [2.75, 3.05) is 32.7 Å². The Kier molecular flexibility index (Phi) is 4.39. The summed E-state index contributed by atoms with van der Waals surface area (Å²) in [6, 6.07) is 8.63. The fourth-order valence-corrected chi connectivity index (χ4v) is 3.69. The first-order chi connectivity index (χ1) is 9.00. The van der Waals surface area contributed by atoms with Gasteiger partial charge >= 0.3 is 0 Å². The van der Waals surface area contributed by atoms with Crippen LogP contribution in [0.4, 0.5) is 0 Å². The second-order valence-corrected chi connectivity index (χ2v) is 6.89. The lowest BCUT2D eigenvalue weighted by atomic mass is 10.3. The molecule has 1 aliphatic heterocycles. The molecular weight excluding hydrogens is 260 g/mol. The van der Waals surface area contributed by atoms with Crippen LogP contribution >= 0.6 is 0 Å². The van der Waals surface area contributed by atoms with Gasteiger partial charge in [-0.1, -0.05) is 30.4 Å². The predicted molar refractivity (Wildman–Crippen MR) is 76.5 cm³/mol. The molecule has 5 heteroatoms. The molecule has 1 aliphatic rings. The van der Waals surface area contributed by atoms with Gasteiger partial charge in [0.2, 0.25) is 10.0 Å². The zero-order valence-electron chi connectivity index (χ0n) is 11.2. The fourth-order valence-electron chi connectivity index (χ4n) is 2.25. The molecule has 0 spiro atoms. The number of nitrogens with zero attached hydrogens (tertiary/aromatic N) is 2. The van der Waals surface area contributed by atoms with E-state index in [-0.39, 0.29) is 0 Å².